The number of nitrogens with two attached hydrogens (primary N) is 1. The van der Waals surface area contributed by atoms with Gasteiger partial charge in [-0.15, -0.1) is 0 Å². The molecular weight excluding hydrogens is 345 g/mol. The van der Waals surface area contributed by atoms with Crippen LogP contribution in [0.5, 0.6) is 0 Å². The van der Waals surface area contributed by atoms with Crippen molar-refractivity contribution < 1.29 is 22.8 Å². The first-order valence-corrected chi connectivity index (χ1v) is 8.07. The van der Waals surface area contributed by atoms with E-state index in [1.54, 1.807) is 0 Å². The highest BCUT2D eigenvalue weighted by Crippen LogP contribution is 2.30. The number of anilines is 1. The molecule has 0 radical (unpaired) electrons. The van der Waals surface area contributed by atoms with Crippen LogP contribution in [0.2, 0.25) is 0 Å². The lowest BCUT2D eigenvalue weighted by Crippen LogP contribution is -2.38. The Kier molecular flexibility index (Phi) is 6.38. The van der Waals surface area contributed by atoms with E-state index in [1.807, 2.05) is 30.3 Å². The number of carbonyl (C=O) groups is 2. The van der Waals surface area contributed by atoms with Crippen LogP contribution >= 0.6 is 0 Å². The number of alkyl halides is 3. The summed E-state index contributed by atoms with van der Waals surface area (Å²) < 4.78 is 38.0. The summed E-state index contributed by atoms with van der Waals surface area (Å²) in [5.74, 6) is -1.10. The minimum Gasteiger partial charge on any atom is -0.368 e. The zero-order chi connectivity index (χ0) is 19.2. The third-order valence-electron chi connectivity index (χ3n) is 3.82. The van der Waals surface area contributed by atoms with Crippen molar-refractivity contribution in [2.24, 2.45) is 5.73 Å². The van der Waals surface area contributed by atoms with Gasteiger partial charge in [-0.05, 0) is 42.7 Å². The molecule has 0 saturated carbocycles. The van der Waals surface area contributed by atoms with Gasteiger partial charge in [0.2, 0.25) is 11.8 Å². The molecule has 26 heavy (non-hydrogen) atoms. The SMILES string of the molecule is NC(=O)CN(C(=O)CCCc1ccccc1)c1ccc(C(F)(F)F)cc1. The average molecular weight is 364 g/mol. The number of nitrogens with zero attached hydrogens (tertiary/aromatic N) is 1. The van der Waals surface area contributed by atoms with Crippen LogP contribution in [0.25, 0.3) is 0 Å². The van der Waals surface area contributed by atoms with Gasteiger partial charge in [0.25, 0.3) is 0 Å². The molecule has 138 valence electrons. The highest BCUT2D eigenvalue weighted by molar-refractivity contribution is 5.98. The van der Waals surface area contributed by atoms with E-state index < -0.39 is 17.6 Å². The predicted molar refractivity (Wildman–Crippen MR) is 92.4 cm³/mol. The first-order chi connectivity index (χ1) is 12.3. The van der Waals surface area contributed by atoms with Crippen LogP contribution in [0.1, 0.15) is 24.0 Å². The second-order valence-electron chi connectivity index (χ2n) is 5.83. The molecule has 0 saturated heterocycles. The fourth-order valence-corrected chi connectivity index (χ4v) is 2.53. The van der Waals surface area contributed by atoms with Crippen LogP contribution in [0.3, 0.4) is 0 Å². The Balaban J connectivity index is 2.05. The quantitative estimate of drug-likeness (QED) is 0.817. The van der Waals surface area contributed by atoms with Crippen molar-refractivity contribution in [1.82, 2.24) is 0 Å². The van der Waals surface area contributed by atoms with E-state index in [4.69, 9.17) is 5.73 Å². The summed E-state index contributed by atoms with van der Waals surface area (Å²) >= 11 is 0. The maximum Gasteiger partial charge on any atom is 0.416 e. The second kappa shape index (κ2) is 8.51. The predicted octanol–water partition coefficient (Wildman–Crippen LogP) is 3.55. The minimum atomic E-state index is -4.47. The maximum atomic E-state index is 12.7. The van der Waals surface area contributed by atoms with E-state index in [0.29, 0.717) is 12.8 Å². The Labute approximate surface area is 149 Å². The number of carbonyl (C=O) groups excluding carboxylic acids is 2. The van der Waals surface area contributed by atoms with Crippen molar-refractivity contribution in [2.45, 2.75) is 25.4 Å². The van der Waals surface area contributed by atoms with E-state index in [9.17, 15) is 22.8 Å². The van der Waals surface area contributed by atoms with Gasteiger partial charge in [0.05, 0.1) is 5.56 Å². The van der Waals surface area contributed by atoms with Crippen LogP contribution in [-0.2, 0) is 22.2 Å². The molecule has 2 aromatic rings. The average Bonchev–Trinajstić information content (AvgIpc) is 2.60. The number of rotatable bonds is 7. The van der Waals surface area contributed by atoms with Gasteiger partial charge < -0.3 is 10.6 Å². The van der Waals surface area contributed by atoms with Gasteiger partial charge in [-0.1, -0.05) is 30.3 Å². The van der Waals surface area contributed by atoms with Crippen LogP contribution in [0, 0.1) is 0 Å². The number of hydrogen-bond acceptors (Lipinski definition) is 2. The summed E-state index contributed by atoms with van der Waals surface area (Å²) in [5.41, 5.74) is 5.64. The van der Waals surface area contributed by atoms with Crippen molar-refractivity contribution in [1.29, 1.82) is 0 Å². The third-order valence-corrected chi connectivity index (χ3v) is 3.82. The van der Waals surface area contributed by atoms with Crippen molar-refractivity contribution in [3.8, 4) is 0 Å². The van der Waals surface area contributed by atoms with Gasteiger partial charge in [-0.2, -0.15) is 13.2 Å². The first-order valence-electron chi connectivity index (χ1n) is 8.07. The van der Waals surface area contributed by atoms with Crippen molar-refractivity contribution in [2.75, 3.05) is 11.4 Å². The van der Waals surface area contributed by atoms with Gasteiger partial charge >= 0.3 is 6.18 Å². The molecule has 7 heteroatoms. The molecule has 4 nitrogen and oxygen atoms in total. The van der Waals surface area contributed by atoms with Crippen molar-refractivity contribution in [3.05, 3.63) is 65.7 Å². The Hall–Kier alpha value is -2.83. The normalized spacial score (nSPS) is 11.2. The Morgan fingerprint density at radius 3 is 2.12 bits per heavy atom. The summed E-state index contributed by atoms with van der Waals surface area (Å²) in [6.07, 6.45) is -3.07. The van der Waals surface area contributed by atoms with Gasteiger partial charge in [0, 0.05) is 12.1 Å². The molecule has 0 fully saturated rings. The molecule has 0 unspecified atom stereocenters. The van der Waals surface area contributed by atoms with Gasteiger partial charge in [0.1, 0.15) is 6.54 Å². The number of hydrogen-bond donors (Lipinski definition) is 1. The number of halogens is 3. The molecule has 0 aliphatic carbocycles. The molecule has 0 aliphatic heterocycles. The van der Waals surface area contributed by atoms with Gasteiger partial charge in [-0.25, -0.2) is 0 Å². The fraction of sp³-hybridized carbons (Fsp3) is 0.263. The molecule has 2 N–H and O–H groups in total. The van der Waals surface area contributed by atoms with Crippen LogP contribution in [0.15, 0.2) is 54.6 Å². The first kappa shape index (κ1) is 19.5. The molecule has 0 spiro atoms. The van der Waals surface area contributed by atoms with E-state index in [1.165, 1.54) is 12.1 Å². The van der Waals surface area contributed by atoms with Crippen molar-refractivity contribution in [3.63, 3.8) is 0 Å². The lowest BCUT2D eigenvalue weighted by Gasteiger charge is -2.22. The number of primary amides is 1. The molecule has 2 amide bonds. The smallest absolute Gasteiger partial charge is 0.368 e. The summed E-state index contributed by atoms with van der Waals surface area (Å²) in [4.78, 5) is 24.8. The van der Waals surface area contributed by atoms with E-state index in [-0.39, 0.29) is 24.6 Å². The highest BCUT2D eigenvalue weighted by atomic mass is 19.4. The number of benzene rings is 2. The molecule has 0 heterocycles. The molecule has 0 aromatic heterocycles. The van der Waals surface area contributed by atoms with Gasteiger partial charge in [-0.3, -0.25) is 9.59 Å². The summed E-state index contributed by atoms with van der Waals surface area (Å²) in [6, 6.07) is 13.7. The van der Waals surface area contributed by atoms with E-state index >= 15 is 0 Å². The van der Waals surface area contributed by atoms with Crippen LogP contribution < -0.4 is 10.6 Å². The van der Waals surface area contributed by atoms with Crippen LogP contribution in [-0.4, -0.2) is 18.4 Å². The Morgan fingerprint density at radius 2 is 1.58 bits per heavy atom. The van der Waals surface area contributed by atoms with Crippen LogP contribution in [0.4, 0.5) is 18.9 Å². The fourth-order valence-electron chi connectivity index (χ4n) is 2.53. The Bertz CT molecular complexity index is 744. The molecule has 2 rings (SSSR count). The zero-order valence-electron chi connectivity index (χ0n) is 14.0. The molecule has 0 aliphatic rings. The zero-order valence-corrected chi connectivity index (χ0v) is 14.0. The largest absolute Gasteiger partial charge is 0.416 e. The molecular formula is C19H19F3N2O2. The summed E-state index contributed by atoms with van der Waals surface area (Å²) in [6.45, 7) is -0.379. The lowest BCUT2D eigenvalue weighted by molar-refractivity contribution is -0.137. The molecule has 0 bridgehead atoms. The second-order valence-corrected chi connectivity index (χ2v) is 5.83. The number of aryl methyl sites for hydroxylation is 1. The highest BCUT2D eigenvalue weighted by Gasteiger charge is 2.30. The number of amides is 2. The monoisotopic (exact) mass is 364 g/mol. The van der Waals surface area contributed by atoms with E-state index in [2.05, 4.69) is 0 Å². The summed E-state index contributed by atoms with van der Waals surface area (Å²) in [7, 11) is 0. The Morgan fingerprint density at radius 1 is 0.962 bits per heavy atom. The minimum absolute atomic E-state index is 0.156. The maximum absolute atomic E-state index is 12.7. The summed E-state index contributed by atoms with van der Waals surface area (Å²) in [5, 5.41) is 0. The van der Waals surface area contributed by atoms with Crippen molar-refractivity contribution >= 4 is 17.5 Å². The van der Waals surface area contributed by atoms with Gasteiger partial charge in [0.15, 0.2) is 0 Å². The molecule has 2 aromatic carbocycles. The third kappa shape index (κ3) is 5.61. The lowest BCUT2D eigenvalue weighted by atomic mass is 10.1. The topological polar surface area (TPSA) is 63.4 Å². The molecule has 0 atom stereocenters. The van der Waals surface area contributed by atoms with E-state index in [0.717, 1.165) is 22.6 Å². The standard InChI is InChI=1S/C19H19F3N2O2/c20-19(21,22)15-9-11-16(12-10-15)24(13-17(23)25)18(26)8-4-7-14-5-2-1-3-6-14/h1-3,5-6,9-12H,4,7-8,13H2,(H2,23,25).